The molecule has 0 aliphatic heterocycles. The lowest BCUT2D eigenvalue weighted by molar-refractivity contribution is -0.105. The van der Waals surface area contributed by atoms with Gasteiger partial charge in [0.2, 0.25) is 0 Å². The first kappa shape index (κ1) is 21.6. The van der Waals surface area contributed by atoms with E-state index in [1.807, 2.05) is 39.0 Å². The highest BCUT2D eigenvalue weighted by Crippen LogP contribution is 2.33. The van der Waals surface area contributed by atoms with Gasteiger partial charge in [-0.3, -0.25) is 0 Å². The molecule has 0 radical (unpaired) electrons. The lowest BCUT2D eigenvalue weighted by Gasteiger charge is -2.30. The van der Waals surface area contributed by atoms with E-state index >= 15 is 0 Å². The zero-order chi connectivity index (χ0) is 18.9. The fraction of sp³-hybridized carbons (Fsp3) is 0.600. The molecule has 140 valence electrons. The molecule has 1 unspecified atom stereocenters. The van der Waals surface area contributed by atoms with Gasteiger partial charge < -0.3 is 14.8 Å². The van der Waals surface area contributed by atoms with Crippen LogP contribution >= 0.6 is 11.8 Å². The maximum Gasteiger partial charge on any atom is 0.407 e. The predicted molar refractivity (Wildman–Crippen MR) is 105 cm³/mol. The molecule has 5 heteroatoms. The van der Waals surface area contributed by atoms with Crippen molar-refractivity contribution in [2.24, 2.45) is 0 Å². The number of nitrogens with one attached hydrogen (secondary N) is 1. The van der Waals surface area contributed by atoms with Crippen molar-refractivity contribution < 1.29 is 14.3 Å². The molecule has 4 nitrogen and oxygen atoms in total. The summed E-state index contributed by atoms with van der Waals surface area (Å²) in [5.41, 5.74) is 0.964. The van der Waals surface area contributed by atoms with Gasteiger partial charge in [0.15, 0.2) is 0 Å². The Morgan fingerprint density at radius 2 is 1.84 bits per heavy atom. The monoisotopic (exact) mass is 365 g/mol. The minimum absolute atomic E-state index is 0.00448. The van der Waals surface area contributed by atoms with E-state index in [0.29, 0.717) is 12.4 Å². The van der Waals surface area contributed by atoms with Crippen molar-refractivity contribution in [1.82, 2.24) is 5.32 Å². The van der Waals surface area contributed by atoms with Gasteiger partial charge in [0, 0.05) is 16.5 Å². The van der Waals surface area contributed by atoms with Crippen LogP contribution in [0.5, 0.6) is 0 Å². The summed E-state index contributed by atoms with van der Waals surface area (Å²) in [6.45, 7) is 10.5. The summed E-state index contributed by atoms with van der Waals surface area (Å²) >= 11 is 1.63. The van der Waals surface area contributed by atoms with E-state index in [4.69, 9.17) is 4.74 Å². The number of hydrogen-bond acceptors (Lipinski definition) is 4. The summed E-state index contributed by atoms with van der Waals surface area (Å²) in [6.07, 6.45) is 2.18. The van der Waals surface area contributed by atoms with Crippen LogP contribution < -0.4 is 5.32 Å². The zero-order valence-corrected chi connectivity index (χ0v) is 16.8. The summed E-state index contributed by atoms with van der Waals surface area (Å²) in [6, 6.07) is 10.4. The van der Waals surface area contributed by atoms with Gasteiger partial charge in [-0.2, -0.15) is 11.8 Å². The molecule has 1 aromatic carbocycles. The van der Waals surface area contributed by atoms with Gasteiger partial charge in [-0.05, 0) is 44.6 Å². The van der Waals surface area contributed by atoms with Crippen molar-refractivity contribution in [2.75, 3.05) is 12.4 Å². The second kappa shape index (κ2) is 9.85. The number of aldehydes is 1. The number of alkyl carbamates (subject to hydrolysis) is 1. The summed E-state index contributed by atoms with van der Waals surface area (Å²) in [5, 5.41) is 3.04. The van der Waals surface area contributed by atoms with Crippen molar-refractivity contribution in [3.8, 4) is 0 Å². The van der Waals surface area contributed by atoms with E-state index in [0.717, 1.165) is 19.1 Å². The maximum atomic E-state index is 11.8. The third-order valence-corrected chi connectivity index (χ3v) is 5.05. The van der Waals surface area contributed by atoms with E-state index in [1.165, 1.54) is 5.56 Å². The minimum Gasteiger partial charge on any atom is -0.450 e. The Hall–Kier alpha value is -1.49. The predicted octanol–water partition coefficient (Wildman–Crippen LogP) is 4.57. The second-order valence-electron chi connectivity index (χ2n) is 7.88. The van der Waals surface area contributed by atoms with Crippen LogP contribution in [0.25, 0.3) is 0 Å². The van der Waals surface area contributed by atoms with Gasteiger partial charge in [-0.1, -0.05) is 44.2 Å². The topological polar surface area (TPSA) is 55.4 Å². The van der Waals surface area contributed by atoms with Crippen LogP contribution in [0.15, 0.2) is 30.3 Å². The normalized spacial score (nSPS) is 13.2. The van der Waals surface area contributed by atoms with Crippen LogP contribution in [0.3, 0.4) is 0 Å². The summed E-state index contributed by atoms with van der Waals surface area (Å²) in [7, 11) is 0. The molecule has 1 N–H and O–H groups in total. The van der Waals surface area contributed by atoms with Crippen LogP contribution in [0.2, 0.25) is 0 Å². The lowest BCUT2D eigenvalue weighted by atomic mass is 9.80. The molecule has 0 heterocycles. The van der Waals surface area contributed by atoms with Gasteiger partial charge >= 0.3 is 6.09 Å². The van der Waals surface area contributed by atoms with E-state index in [-0.39, 0.29) is 16.2 Å². The molecule has 0 aliphatic rings. The lowest BCUT2D eigenvalue weighted by Crippen LogP contribution is -2.41. The molecule has 0 fully saturated rings. The van der Waals surface area contributed by atoms with Gasteiger partial charge in [0.05, 0.1) is 6.61 Å². The molecular formula is C20H31NO3S. The second-order valence-corrected chi connectivity index (χ2v) is 9.21. The standard InChI is InChI=1S/C20H31NO3S/c1-19(2,3)21-18(23)24-13-11-17(25-14-12-22)15-20(4,5)16-9-7-6-8-10-16/h6-10,12,17H,11,13-15H2,1-5H3,(H,21,23). The molecule has 0 aliphatic carbocycles. The number of ether oxygens (including phenoxy) is 1. The quantitative estimate of drug-likeness (QED) is 0.651. The van der Waals surface area contributed by atoms with E-state index in [9.17, 15) is 9.59 Å². The number of carbonyl (C=O) groups is 2. The third-order valence-electron chi connectivity index (χ3n) is 3.84. The first-order chi connectivity index (χ1) is 11.6. The third kappa shape index (κ3) is 8.96. The largest absolute Gasteiger partial charge is 0.450 e. The Morgan fingerprint density at radius 3 is 2.40 bits per heavy atom. The highest BCUT2D eigenvalue weighted by molar-refractivity contribution is 8.00. The van der Waals surface area contributed by atoms with Crippen LogP contribution in [0, 0.1) is 0 Å². The zero-order valence-electron chi connectivity index (χ0n) is 16.0. The van der Waals surface area contributed by atoms with Crippen LogP contribution in [-0.2, 0) is 14.9 Å². The molecule has 0 saturated heterocycles. The van der Waals surface area contributed by atoms with Crippen molar-refractivity contribution in [1.29, 1.82) is 0 Å². The molecule has 1 atom stereocenters. The molecule has 1 aromatic rings. The number of amides is 1. The molecule has 0 spiro atoms. The molecular weight excluding hydrogens is 334 g/mol. The van der Waals surface area contributed by atoms with Crippen molar-refractivity contribution in [2.45, 2.75) is 63.7 Å². The maximum absolute atomic E-state index is 11.8. The van der Waals surface area contributed by atoms with Gasteiger partial charge in [-0.25, -0.2) is 4.79 Å². The van der Waals surface area contributed by atoms with Crippen LogP contribution in [-0.4, -0.2) is 35.5 Å². The number of hydrogen-bond donors (Lipinski definition) is 1. The number of rotatable bonds is 9. The summed E-state index contributed by atoms with van der Waals surface area (Å²) < 4.78 is 5.30. The van der Waals surface area contributed by atoms with Gasteiger partial charge in [0.1, 0.15) is 6.29 Å². The van der Waals surface area contributed by atoms with Crippen LogP contribution in [0.4, 0.5) is 4.79 Å². The molecule has 0 saturated carbocycles. The molecule has 25 heavy (non-hydrogen) atoms. The number of carbonyl (C=O) groups excluding carboxylic acids is 2. The highest BCUT2D eigenvalue weighted by atomic mass is 32.2. The Bertz CT molecular complexity index is 538. The molecule has 1 amide bonds. The Morgan fingerprint density at radius 1 is 1.20 bits per heavy atom. The minimum atomic E-state index is -0.394. The first-order valence-corrected chi connectivity index (χ1v) is 9.74. The smallest absolute Gasteiger partial charge is 0.407 e. The fourth-order valence-corrected chi connectivity index (χ4v) is 3.77. The summed E-state index contributed by atoms with van der Waals surface area (Å²) in [4.78, 5) is 22.5. The Kier molecular flexibility index (Phi) is 8.50. The average Bonchev–Trinajstić information content (AvgIpc) is 2.51. The van der Waals surface area contributed by atoms with Crippen molar-refractivity contribution >= 4 is 24.1 Å². The summed E-state index contributed by atoms with van der Waals surface area (Å²) in [5.74, 6) is 0.462. The highest BCUT2D eigenvalue weighted by Gasteiger charge is 2.26. The van der Waals surface area contributed by atoms with Crippen LogP contribution in [0.1, 0.15) is 53.0 Å². The van der Waals surface area contributed by atoms with E-state index < -0.39 is 6.09 Å². The fourth-order valence-electron chi connectivity index (χ4n) is 2.62. The van der Waals surface area contributed by atoms with E-state index in [1.54, 1.807) is 11.8 Å². The number of thioether (sulfide) groups is 1. The molecule has 0 bridgehead atoms. The van der Waals surface area contributed by atoms with Gasteiger partial charge in [-0.15, -0.1) is 0 Å². The number of benzene rings is 1. The van der Waals surface area contributed by atoms with Gasteiger partial charge in [0.25, 0.3) is 0 Å². The Labute approximate surface area is 156 Å². The first-order valence-electron chi connectivity index (χ1n) is 8.70. The SMILES string of the molecule is CC(C)(C)NC(=O)OCCC(CC(C)(C)c1ccccc1)SCC=O. The average molecular weight is 366 g/mol. The van der Waals surface area contributed by atoms with E-state index in [2.05, 4.69) is 31.3 Å². The molecule has 0 aromatic heterocycles. The molecule has 1 rings (SSSR count). The van der Waals surface area contributed by atoms with Crippen molar-refractivity contribution in [3.05, 3.63) is 35.9 Å². The Balaban J connectivity index is 2.59. The van der Waals surface area contributed by atoms with Crippen molar-refractivity contribution in [3.63, 3.8) is 0 Å².